The molecular formula is C24H33N7O2. The van der Waals surface area contributed by atoms with Crippen LogP contribution < -0.4 is 16.4 Å². The van der Waals surface area contributed by atoms with Gasteiger partial charge >= 0.3 is 0 Å². The lowest BCUT2D eigenvalue weighted by molar-refractivity contribution is -0.121. The summed E-state index contributed by atoms with van der Waals surface area (Å²) < 4.78 is 1.93. The Morgan fingerprint density at radius 2 is 1.82 bits per heavy atom. The normalized spacial score (nSPS) is 11.5. The van der Waals surface area contributed by atoms with Gasteiger partial charge in [0.05, 0.1) is 19.4 Å². The Morgan fingerprint density at radius 3 is 2.48 bits per heavy atom. The molecule has 0 radical (unpaired) electrons. The average molecular weight is 452 g/mol. The van der Waals surface area contributed by atoms with Crippen molar-refractivity contribution in [2.45, 2.75) is 65.5 Å². The van der Waals surface area contributed by atoms with E-state index in [9.17, 15) is 9.59 Å². The number of hydrogen-bond acceptors (Lipinski definition) is 6. The van der Waals surface area contributed by atoms with Gasteiger partial charge in [-0.15, -0.1) is 0 Å². The monoisotopic (exact) mass is 451 g/mol. The van der Waals surface area contributed by atoms with Gasteiger partial charge in [-0.3, -0.25) is 9.59 Å². The molecule has 9 nitrogen and oxygen atoms in total. The Kier molecular flexibility index (Phi) is 7.63. The molecule has 2 heterocycles. The molecule has 1 aromatic carbocycles. The first-order valence-electron chi connectivity index (χ1n) is 11.3. The van der Waals surface area contributed by atoms with E-state index in [-0.39, 0.29) is 23.9 Å². The Labute approximate surface area is 194 Å². The van der Waals surface area contributed by atoms with Crippen molar-refractivity contribution >= 4 is 28.8 Å². The number of unbranched alkanes of at least 4 members (excludes halogenated alkanes) is 2. The van der Waals surface area contributed by atoms with Gasteiger partial charge in [0.2, 0.25) is 5.91 Å². The van der Waals surface area contributed by atoms with E-state index in [0.717, 1.165) is 37.1 Å². The number of aromatic nitrogens is 4. The number of rotatable bonds is 9. The zero-order valence-electron chi connectivity index (χ0n) is 19.8. The fraction of sp³-hybridized carbons (Fsp3) is 0.458. The molecule has 0 aliphatic rings. The van der Waals surface area contributed by atoms with E-state index < -0.39 is 0 Å². The van der Waals surface area contributed by atoms with Crippen LogP contribution in [0.2, 0.25) is 0 Å². The molecule has 176 valence electrons. The molecule has 0 fully saturated rings. The van der Waals surface area contributed by atoms with Crippen LogP contribution >= 0.6 is 0 Å². The second kappa shape index (κ2) is 10.4. The quantitative estimate of drug-likeness (QED) is 0.429. The molecule has 4 N–H and O–H groups in total. The summed E-state index contributed by atoms with van der Waals surface area (Å²) in [4.78, 5) is 37.7. The molecule has 33 heavy (non-hydrogen) atoms. The van der Waals surface area contributed by atoms with Crippen LogP contribution in [0.3, 0.4) is 0 Å². The Hall–Kier alpha value is -3.49. The van der Waals surface area contributed by atoms with E-state index in [1.807, 2.05) is 37.5 Å². The number of aryl methyl sites for hydroxylation is 1. The van der Waals surface area contributed by atoms with Gasteiger partial charge in [-0.1, -0.05) is 31.9 Å². The molecule has 3 rings (SSSR count). The van der Waals surface area contributed by atoms with E-state index in [4.69, 9.17) is 5.73 Å². The fourth-order valence-electron chi connectivity index (χ4n) is 3.46. The Balaban J connectivity index is 1.65. The highest BCUT2D eigenvalue weighted by molar-refractivity contribution is 5.96. The zero-order valence-corrected chi connectivity index (χ0v) is 19.8. The van der Waals surface area contributed by atoms with Crippen molar-refractivity contribution in [1.29, 1.82) is 0 Å². The molecule has 2 amide bonds. The lowest BCUT2D eigenvalue weighted by Gasteiger charge is -2.20. The van der Waals surface area contributed by atoms with Crippen molar-refractivity contribution in [1.82, 2.24) is 30.2 Å². The first-order chi connectivity index (χ1) is 15.7. The number of hydrogen-bond donors (Lipinski definition) is 3. The first-order valence-corrected chi connectivity index (χ1v) is 11.3. The number of amides is 2. The molecule has 0 saturated carbocycles. The first kappa shape index (κ1) is 24.2. The minimum absolute atomic E-state index is 0.0689. The minimum Gasteiger partial charge on any atom is -0.382 e. The van der Waals surface area contributed by atoms with Gasteiger partial charge in [0.1, 0.15) is 11.3 Å². The van der Waals surface area contributed by atoms with Crippen molar-refractivity contribution in [3.63, 3.8) is 0 Å². The fourth-order valence-corrected chi connectivity index (χ4v) is 3.46. The number of nitrogens with zero attached hydrogens (tertiary/aromatic N) is 4. The maximum absolute atomic E-state index is 12.4. The van der Waals surface area contributed by atoms with Crippen LogP contribution in [0.15, 0.2) is 30.6 Å². The summed E-state index contributed by atoms with van der Waals surface area (Å²) in [5.74, 6) is 0.608. The van der Waals surface area contributed by atoms with E-state index >= 15 is 0 Å². The second-order valence-electron chi connectivity index (χ2n) is 9.20. The van der Waals surface area contributed by atoms with Gasteiger partial charge in [-0.25, -0.2) is 15.0 Å². The molecule has 0 atom stereocenters. The molecule has 0 aliphatic heterocycles. The van der Waals surface area contributed by atoms with Gasteiger partial charge in [-0.2, -0.15) is 0 Å². The van der Waals surface area contributed by atoms with Crippen molar-refractivity contribution in [3.8, 4) is 0 Å². The SMILES string of the molecule is CCCCCc1nc(N)c2ncn(Cc3ccc(C(=O)NCC(=O)NC(C)(C)C)cc3)c2n1. The minimum atomic E-state index is -0.340. The summed E-state index contributed by atoms with van der Waals surface area (Å²) >= 11 is 0. The van der Waals surface area contributed by atoms with Gasteiger partial charge in [0, 0.05) is 17.5 Å². The van der Waals surface area contributed by atoms with Gasteiger partial charge in [0.15, 0.2) is 11.5 Å². The lowest BCUT2D eigenvalue weighted by atomic mass is 10.1. The number of carbonyl (C=O) groups excluding carboxylic acids is 2. The van der Waals surface area contributed by atoms with Crippen molar-refractivity contribution in [3.05, 3.63) is 47.5 Å². The number of nitrogens with two attached hydrogens (primary N) is 1. The number of imidazole rings is 1. The highest BCUT2D eigenvalue weighted by Crippen LogP contribution is 2.18. The number of fused-ring (bicyclic) bond motifs is 1. The van der Waals surface area contributed by atoms with Crippen molar-refractivity contribution < 1.29 is 9.59 Å². The van der Waals surface area contributed by atoms with Gasteiger partial charge < -0.3 is 20.9 Å². The summed E-state index contributed by atoms with van der Waals surface area (Å²) in [6.45, 7) is 8.30. The smallest absolute Gasteiger partial charge is 0.251 e. The molecule has 0 aliphatic carbocycles. The summed E-state index contributed by atoms with van der Waals surface area (Å²) in [5.41, 5.74) is 8.54. The standard InChI is InChI=1S/C24H33N7O2/c1-5-6-7-8-18-28-21(25)20-22(29-18)31(15-27-20)14-16-9-11-17(12-10-16)23(33)26-13-19(32)30-24(2,3)4/h9-12,15H,5-8,13-14H2,1-4H3,(H,26,33)(H,30,32)(H2,25,28,29). The number of benzene rings is 1. The molecule has 0 spiro atoms. The molecule has 9 heteroatoms. The van der Waals surface area contributed by atoms with Crippen LogP contribution in [-0.2, 0) is 17.8 Å². The highest BCUT2D eigenvalue weighted by Gasteiger charge is 2.15. The van der Waals surface area contributed by atoms with E-state index in [1.54, 1.807) is 18.5 Å². The zero-order chi connectivity index (χ0) is 24.0. The molecule has 3 aromatic rings. The van der Waals surface area contributed by atoms with Crippen molar-refractivity contribution in [2.75, 3.05) is 12.3 Å². The van der Waals surface area contributed by atoms with Gasteiger partial charge in [-0.05, 0) is 44.9 Å². The van der Waals surface area contributed by atoms with Crippen LogP contribution in [0.4, 0.5) is 5.82 Å². The third-order valence-corrected chi connectivity index (χ3v) is 5.03. The Morgan fingerprint density at radius 1 is 1.09 bits per heavy atom. The summed E-state index contributed by atoms with van der Waals surface area (Å²) in [7, 11) is 0. The maximum atomic E-state index is 12.4. The summed E-state index contributed by atoms with van der Waals surface area (Å²) in [6, 6.07) is 7.24. The van der Waals surface area contributed by atoms with Gasteiger partial charge in [0.25, 0.3) is 5.91 Å². The van der Waals surface area contributed by atoms with E-state index in [2.05, 4.69) is 32.5 Å². The Bertz CT molecular complexity index is 1110. The number of anilines is 1. The summed E-state index contributed by atoms with van der Waals surface area (Å²) in [5, 5.41) is 5.46. The number of nitrogen functional groups attached to an aromatic ring is 1. The van der Waals surface area contributed by atoms with Crippen molar-refractivity contribution in [2.24, 2.45) is 0 Å². The maximum Gasteiger partial charge on any atom is 0.251 e. The van der Waals surface area contributed by atoms with Crippen LogP contribution in [-0.4, -0.2) is 43.4 Å². The topological polar surface area (TPSA) is 128 Å². The molecule has 0 bridgehead atoms. The largest absolute Gasteiger partial charge is 0.382 e. The molecule has 0 saturated heterocycles. The predicted molar refractivity (Wildman–Crippen MR) is 129 cm³/mol. The molecule has 2 aromatic heterocycles. The lowest BCUT2D eigenvalue weighted by Crippen LogP contribution is -2.45. The molecule has 0 unspecified atom stereocenters. The second-order valence-corrected chi connectivity index (χ2v) is 9.20. The van der Waals surface area contributed by atoms with Crippen LogP contribution in [0.25, 0.3) is 11.2 Å². The van der Waals surface area contributed by atoms with Crippen LogP contribution in [0.1, 0.15) is 68.7 Å². The van der Waals surface area contributed by atoms with E-state index in [1.165, 1.54) is 0 Å². The average Bonchev–Trinajstić information content (AvgIpc) is 3.15. The van der Waals surface area contributed by atoms with E-state index in [0.29, 0.717) is 29.1 Å². The third-order valence-electron chi connectivity index (χ3n) is 5.03. The third kappa shape index (κ3) is 6.74. The van der Waals surface area contributed by atoms with Crippen LogP contribution in [0, 0.1) is 0 Å². The predicted octanol–water partition coefficient (Wildman–Crippen LogP) is 2.83. The summed E-state index contributed by atoms with van der Waals surface area (Å²) in [6.07, 6.45) is 5.78. The number of nitrogens with one attached hydrogen (secondary N) is 2. The number of carbonyl (C=O) groups is 2. The van der Waals surface area contributed by atoms with Crippen LogP contribution in [0.5, 0.6) is 0 Å². The highest BCUT2D eigenvalue weighted by atomic mass is 16.2. The molecular weight excluding hydrogens is 418 g/mol.